The van der Waals surface area contributed by atoms with Crippen molar-refractivity contribution in [3.63, 3.8) is 0 Å². The Bertz CT molecular complexity index is 864. The summed E-state index contributed by atoms with van der Waals surface area (Å²) < 4.78 is 32.7. The second kappa shape index (κ2) is 8.53. The van der Waals surface area contributed by atoms with Crippen molar-refractivity contribution in [2.24, 2.45) is 0 Å². The Morgan fingerprint density at radius 2 is 1.74 bits per heavy atom. The summed E-state index contributed by atoms with van der Waals surface area (Å²) in [5, 5.41) is 12.5. The third-order valence-corrected chi connectivity index (χ3v) is 6.69. The summed E-state index contributed by atoms with van der Waals surface area (Å²) in [6.07, 6.45) is -0.631. The Balaban J connectivity index is 1.46. The molecule has 27 heavy (non-hydrogen) atoms. The summed E-state index contributed by atoms with van der Waals surface area (Å²) in [7, 11) is -0.289. The van der Waals surface area contributed by atoms with Crippen LogP contribution in [-0.4, -0.2) is 86.6 Å². The minimum atomic E-state index is -3.36. The number of aliphatic hydroxyl groups excluding tert-OH is 1. The van der Waals surface area contributed by atoms with Crippen molar-refractivity contribution in [3.05, 3.63) is 42.5 Å². The molecule has 1 aliphatic heterocycles. The van der Waals surface area contributed by atoms with Crippen molar-refractivity contribution in [1.29, 1.82) is 0 Å². The van der Waals surface area contributed by atoms with Crippen LogP contribution < -0.4 is 4.74 Å². The molecular formula is C19H27N3O4S. The molecule has 1 N–H and O–H groups in total. The lowest BCUT2D eigenvalue weighted by Gasteiger charge is -2.35. The van der Waals surface area contributed by atoms with E-state index in [0.717, 1.165) is 16.5 Å². The normalized spacial score (nSPS) is 18.1. The molecule has 0 unspecified atom stereocenters. The molecule has 1 saturated heterocycles. The van der Waals surface area contributed by atoms with Gasteiger partial charge in [-0.3, -0.25) is 4.90 Å². The third kappa shape index (κ3) is 4.97. The topological polar surface area (TPSA) is 73.3 Å². The first-order valence-corrected chi connectivity index (χ1v) is 10.5. The van der Waals surface area contributed by atoms with Crippen LogP contribution in [0.15, 0.2) is 42.5 Å². The molecule has 2 aromatic carbocycles. The second-order valence-corrected chi connectivity index (χ2v) is 9.11. The van der Waals surface area contributed by atoms with Gasteiger partial charge in [-0.15, -0.1) is 0 Å². The first kappa shape index (κ1) is 20.0. The Labute approximate surface area is 160 Å². The number of ether oxygens (including phenoxy) is 1. The van der Waals surface area contributed by atoms with Crippen LogP contribution in [-0.2, 0) is 10.2 Å². The van der Waals surface area contributed by atoms with Gasteiger partial charge in [0.15, 0.2) is 0 Å². The SMILES string of the molecule is CN(C)S(=O)(=O)N1CCN(C[C@H](O)COc2ccc3ccccc3c2)CC1. The number of aliphatic hydroxyl groups is 1. The average molecular weight is 394 g/mol. The zero-order chi connectivity index (χ0) is 19.4. The number of benzene rings is 2. The van der Waals surface area contributed by atoms with E-state index in [1.807, 2.05) is 42.5 Å². The Morgan fingerprint density at radius 3 is 2.41 bits per heavy atom. The third-order valence-electron chi connectivity index (χ3n) is 4.75. The largest absolute Gasteiger partial charge is 0.491 e. The minimum absolute atomic E-state index is 0.203. The van der Waals surface area contributed by atoms with E-state index in [1.165, 1.54) is 22.7 Å². The second-order valence-electron chi connectivity index (χ2n) is 6.96. The van der Waals surface area contributed by atoms with Gasteiger partial charge in [0.05, 0.1) is 0 Å². The number of hydrogen-bond acceptors (Lipinski definition) is 5. The highest BCUT2D eigenvalue weighted by atomic mass is 32.2. The van der Waals surface area contributed by atoms with Crippen LogP contribution >= 0.6 is 0 Å². The lowest BCUT2D eigenvalue weighted by atomic mass is 10.1. The average Bonchev–Trinajstić information content (AvgIpc) is 2.66. The van der Waals surface area contributed by atoms with Crippen molar-refractivity contribution in [3.8, 4) is 5.75 Å². The van der Waals surface area contributed by atoms with Crippen LogP contribution in [0.2, 0.25) is 0 Å². The molecule has 3 rings (SSSR count). The summed E-state index contributed by atoms with van der Waals surface area (Å²) in [5.74, 6) is 0.731. The number of fused-ring (bicyclic) bond motifs is 1. The highest BCUT2D eigenvalue weighted by molar-refractivity contribution is 7.86. The smallest absolute Gasteiger partial charge is 0.281 e. The molecular weight excluding hydrogens is 366 g/mol. The van der Waals surface area contributed by atoms with Crippen molar-refractivity contribution < 1.29 is 18.3 Å². The van der Waals surface area contributed by atoms with E-state index in [-0.39, 0.29) is 6.61 Å². The van der Waals surface area contributed by atoms with Crippen molar-refractivity contribution in [2.75, 3.05) is 53.4 Å². The molecule has 0 amide bonds. The number of nitrogens with zero attached hydrogens (tertiary/aromatic N) is 3. The lowest BCUT2D eigenvalue weighted by Crippen LogP contribution is -2.53. The lowest BCUT2D eigenvalue weighted by molar-refractivity contribution is 0.0565. The van der Waals surface area contributed by atoms with Gasteiger partial charge in [-0.1, -0.05) is 30.3 Å². The number of piperazine rings is 1. The Kier molecular flexibility index (Phi) is 6.33. The minimum Gasteiger partial charge on any atom is -0.491 e. The highest BCUT2D eigenvalue weighted by Crippen LogP contribution is 2.20. The van der Waals surface area contributed by atoms with Gasteiger partial charge in [-0.2, -0.15) is 17.0 Å². The highest BCUT2D eigenvalue weighted by Gasteiger charge is 2.29. The molecule has 0 saturated carbocycles. The predicted molar refractivity (Wildman–Crippen MR) is 106 cm³/mol. The quantitative estimate of drug-likeness (QED) is 0.760. The number of rotatable bonds is 7. The van der Waals surface area contributed by atoms with E-state index >= 15 is 0 Å². The predicted octanol–water partition coefficient (Wildman–Crippen LogP) is 1.00. The maximum absolute atomic E-state index is 12.1. The fourth-order valence-electron chi connectivity index (χ4n) is 3.17. The fraction of sp³-hybridized carbons (Fsp3) is 0.474. The van der Waals surface area contributed by atoms with Gasteiger partial charge < -0.3 is 9.84 Å². The van der Waals surface area contributed by atoms with E-state index in [9.17, 15) is 13.5 Å². The van der Waals surface area contributed by atoms with Gasteiger partial charge in [0, 0.05) is 46.8 Å². The van der Waals surface area contributed by atoms with Crippen molar-refractivity contribution in [2.45, 2.75) is 6.10 Å². The van der Waals surface area contributed by atoms with E-state index < -0.39 is 16.3 Å². The van der Waals surface area contributed by atoms with Gasteiger partial charge in [0.1, 0.15) is 18.5 Å². The molecule has 7 nitrogen and oxygen atoms in total. The van der Waals surface area contributed by atoms with Crippen LogP contribution in [0.25, 0.3) is 10.8 Å². The summed E-state index contributed by atoms with van der Waals surface area (Å²) >= 11 is 0. The fourth-order valence-corrected chi connectivity index (χ4v) is 4.26. The summed E-state index contributed by atoms with van der Waals surface area (Å²) in [5.41, 5.74) is 0. The van der Waals surface area contributed by atoms with Crippen LogP contribution in [0.5, 0.6) is 5.75 Å². The van der Waals surface area contributed by atoms with Gasteiger partial charge in [0.25, 0.3) is 10.2 Å². The van der Waals surface area contributed by atoms with Crippen LogP contribution in [0.1, 0.15) is 0 Å². The molecule has 0 radical (unpaired) electrons. The van der Waals surface area contributed by atoms with Crippen LogP contribution in [0.4, 0.5) is 0 Å². The van der Waals surface area contributed by atoms with E-state index in [4.69, 9.17) is 4.74 Å². The van der Waals surface area contributed by atoms with E-state index in [1.54, 1.807) is 0 Å². The maximum Gasteiger partial charge on any atom is 0.281 e. The number of β-amino-alcohol motifs (C(OH)–C–C–N with tert-alkyl or cyclic N) is 1. The molecule has 1 atom stereocenters. The molecule has 8 heteroatoms. The first-order chi connectivity index (χ1) is 12.9. The Hall–Kier alpha value is -1.71. The molecule has 0 aliphatic carbocycles. The number of hydrogen-bond donors (Lipinski definition) is 1. The van der Waals surface area contributed by atoms with Crippen molar-refractivity contribution >= 4 is 21.0 Å². The van der Waals surface area contributed by atoms with Gasteiger partial charge in [-0.05, 0) is 22.9 Å². The van der Waals surface area contributed by atoms with Crippen LogP contribution in [0.3, 0.4) is 0 Å². The summed E-state index contributed by atoms with van der Waals surface area (Å²) in [6, 6.07) is 13.9. The molecule has 0 spiro atoms. The van der Waals surface area contributed by atoms with Gasteiger partial charge in [-0.25, -0.2) is 0 Å². The molecule has 2 aromatic rings. The molecule has 1 aliphatic rings. The molecule has 0 bridgehead atoms. The molecule has 1 heterocycles. The van der Waals surface area contributed by atoms with Crippen LogP contribution in [0, 0.1) is 0 Å². The van der Waals surface area contributed by atoms with Gasteiger partial charge >= 0.3 is 0 Å². The van der Waals surface area contributed by atoms with Crippen molar-refractivity contribution in [1.82, 2.24) is 13.5 Å². The molecule has 0 aromatic heterocycles. The molecule has 148 valence electrons. The monoisotopic (exact) mass is 393 g/mol. The standard InChI is InChI=1S/C19H27N3O4S/c1-20(2)27(24,25)22-11-9-21(10-12-22)14-18(23)15-26-19-8-7-16-5-3-4-6-17(16)13-19/h3-8,13,18,23H,9-12,14-15H2,1-2H3/t18-/m0/s1. The summed E-state index contributed by atoms with van der Waals surface area (Å²) in [6.45, 7) is 2.72. The molecule has 1 fully saturated rings. The summed E-state index contributed by atoms with van der Waals surface area (Å²) in [4.78, 5) is 2.07. The van der Waals surface area contributed by atoms with E-state index in [0.29, 0.717) is 32.7 Å². The van der Waals surface area contributed by atoms with E-state index in [2.05, 4.69) is 4.90 Å². The maximum atomic E-state index is 12.1. The zero-order valence-electron chi connectivity index (χ0n) is 15.8. The van der Waals surface area contributed by atoms with Gasteiger partial charge in [0.2, 0.25) is 0 Å². The first-order valence-electron chi connectivity index (χ1n) is 9.06. The zero-order valence-corrected chi connectivity index (χ0v) is 16.6. The Morgan fingerprint density at radius 1 is 1.07 bits per heavy atom.